The molecular weight excluding hydrogens is 456 g/mol. The van der Waals surface area contributed by atoms with Crippen molar-refractivity contribution >= 4 is 46.6 Å². The Balaban J connectivity index is 0.00000256. The number of carbonyl (C=O) groups is 1. The van der Waals surface area contributed by atoms with Gasteiger partial charge in [-0.1, -0.05) is 37.8 Å². The van der Waals surface area contributed by atoms with Crippen LogP contribution in [0.25, 0.3) is 32.6 Å². The first-order chi connectivity index (χ1) is 13.7. The average molecular weight is 485 g/mol. The van der Waals surface area contributed by atoms with E-state index in [0.29, 0.717) is 6.61 Å². The Morgan fingerprint density at radius 1 is 1.03 bits per heavy atom. The molecule has 0 spiro atoms. The molecule has 0 fully saturated rings. The number of rotatable bonds is 5. The third kappa shape index (κ3) is 4.30. The highest BCUT2D eigenvalue weighted by atomic mass is 79.9. The van der Waals surface area contributed by atoms with Gasteiger partial charge in [-0.25, -0.2) is 4.79 Å². The minimum absolute atomic E-state index is 0. The minimum atomic E-state index is -1.20. The lowest BCUT2D eigenvalue weighted by Crippen LogP contribution is -3.00. The lowest BCUT2D eigenvalue weighted by Gasteiger charge is -2.14. The summed E-state index contributed by atoms with van der Waals surface area (Å²) < 4.78 is 7.41. The summed E-state index contributed by atoms with van der Waals surface area (Å²) in [5, 5.41) is 4.90. The third-order valence-corrected chi connectivity index (χ3v) is 7.41. The van der Waals surface area contributed by atoms with Gasteiger partial charge in [-0.15, -0.1) is 0 Å². The summed E-state index contributed by atoms with van der Waals surface area (Å²) in [6.07, 6.45) is 4.06. The van der Waals surface area contributed by atoms with E-state index in [0.717, 1.165) is 11.6 Å². The molecule has 0 atom stereocenters. The first-order valence-electron chi connectivity index (χ1n) is 10.2. The predicted octanol–water partition coefficient (Wildman–Crippen LogP) is 2.26. The number of ether oxygens (including phenoxy) is 1. The van der Waals surface area contributed by atoms with Crippen LogP contribution < -0.4 is 21.5 Å². The molecule has 0 amide bonds. The second kappa shape index (κ2) is 8.51. The van der Waals surface area contributed by atoms with Crippen molar-refractivity contribution in [2.75, 3.05) is 6.61 Å². The normalized spacial score (nSPS) is 11.8. The first kappa shape index (κ1) is 22.5. The van der Waals surface area contributed by atoms with Crippen LogP contribution in [0.5, 0.6) is 0 Å². The van der Waals surface area contributed by atoms with E-state index in [1.807, 2.05) is 10.8 Å². The van der Waals surface area contributed by atoms with E-state index < -0.39 is 8.07 Å². The van der Waals surface area contributed by atoms with Gasteiger partial charge in [0.2, 0.25) is 6.54 Å². The molecule has 2 heterocycles. The standard InChI is InChI=1S/C24H28N2O2Si.BrH/c1-16-20-14-26(15-22(27)28-12-13-29(3,4)5)11-10-18(20)17(2)24-23(16)19-8-6-7-9-21(19)25-24;/h6-11,14H,12-13,15H2,1-5H3;1H. The van der Waals surface area contributed by atoms with Crippen LogP contribution in [-0.2, 0) is 16.1 Å². The number of aryl methyl sites for hydroxylation is 2. The zero-order valence-corrected chi connectivity index (χ0v) is 20.9. The van der Waals surface area contributed by atoms with E-state index in [2.05, 4.69) is 75.0 Å². The molecule has 2 aromatic heterocycles. The lowest BCUT2D eigenvalue weighted by molar-refractivity contribution is -0.684. The van der Waals surface area contributed by atoms with Crippen molar-refractivity contribution in [2.24, 2.45) is 0 Å². The zero-order valence-electron chi connectivity index (χ0n) is 18.3. The van der Waals surface area contributed by atoms with Crippen LogP contribution in [-0.4, -0.2) is 25.6 Å². The number of para-hydroxylation sites is 1. The molecule has 0 saturated heterocycles. The van der Waals surface area contributed by atoms with Gasteiger partial charge in [-0.3, -0.25) is 0 Å². The highest BCUT2D eigenvalue weighted by molar-refractivity contribution is 6.76. The van der Waals surface area contributed by atoms with Gasteiger partial charge in [0.25, 0.3) is 0 Å². The molecule has 0 bridgehead atoms. The minimum Gasteiger partial charge on any atom is -1.00 e. The highest BCUT2D eigenvalue weighted by Crippen LogP contribution is 2.35. The number of aromatic nitrogens is 2. The van der Waals surface area contributed by atoms with Gasteiger partial charge in [-0.05, 0) is 42.5 Å². The fourth-order valence-electron chi connectivity index (χ4n) is 4.01. The molecule has 4 rings (SSSR count). The summed E-state index contributed by atoms with van der Waals surface area (Å²) in [5.74, 6) is -0.171. The number of esters is 1. The van der Waals surface area contributed by atoms with Crippen LogP contribution in [0, 0.1) is 13.8 Å². The number of hydrogen-bond donors (Lipinski definition) is 1. The zero-order chi connectivity index (χ0) is 20.8. The molecule has 6 heteroatoms. The number of fused-ring (bicyclic) bond motifs is 4. The molecule has 4 aromatic rings. The number of nitrogens with zero attached hydrogens (tertiary/aromatic N) is 1. The maximum Gasteiger partial charge on any atom is 0.372 e. The predicted molar refractivity (Wildman–Crippen MR) is 122 cm³/mol. The number of benzene rings is 2. The SMILES string of the molecule is Cc1c2cc[n+](CC(=O)OCC[Si](C)(C)C)cc2c(C)c2c1[nH]c1ccccc12.[Br-]. The molecule has 1 N–H and O–H groups in total. The molecule has 0 aliphatic heterocycles. The van der Waals surface area contributed by atoms with Gasteiger partial charge in [0.1, 0.15) is 0 Å². The van der Waals surface area contributed by atoms with E-state index >= 15 is 0 Å². The van der Waals surface area contributed by atoms with Crippen molar-refractivity contribution in [2.45, 2.75) is 46.1 Å². The average Bonchev–Trinajstić information content (AvgIpc) is 3.05. The second-order valence-electron chi connectivity index (χ2n) is 9.15. The third-order valence-electron chi connectivity index (χ3n) is 5.71. The van der Waals surface area contributed by atoms with Crippen molar-refractivity contribution in [3.63, 3.8) is 0 Å². The summed E-state index contributed by atoms with van der Waals surface area (Å²) in [6.45, 7) is 12.0. The number of carbonyl (C=O) groups excluding carboxylic acids is 1. The van der Waals surface area contributed by atoms with Crippen LogP contribution >= 0.6 is 0 Å². The number of nitrogens with one attached hydrogen (secondary N) is 1. The smallest absolute Gasteiger partial charge is 0.372 e. The topological polar surface area (TPSA) is 46.0 Å². The summed E-state index contributed by atoms with van der Waals surface area (Å²) in [7, 11) is -1.20. The fourth-order valence-corrected chi connectivity index (χ4v) is 4.72. The Kier molecular flexibility index (Phi) is 6.39. The molecule has 2 aromatic carbocycles. The van der Waals surface area contributed by atoms with Crippen LogP contribution in [0.2, 0.25) is 25.7 Å². The fraction of sp³-hybridized carbons (Fsp3) is 0.333. The Morgan fingerprint density at radius 2 is 1.77 bits per heavy atom. The van der Waals surface area contributed by atoms with Crippen molar-refractivity contribution in [3.05, 3.63) is 53.9 Å². The number of aromatic amines is 1. The summed E-state index contributed by atoms with van der Waals surface area (Å²) in [6, 6.07) is 11.5. The molecule has 0 radical (unpaired) electrons. The molecule has 0 aliphatic rings. The molecular formula is C24H29BrN2O2Si. The largest absolute Gasteiger partial charge is 1.00 e. The molecule has 0 unspecified atom stereocenters. The Hall–Kier alpha value is -2.18. The van der Waals surface area contributed by atoms with Gasteiger partial charge >= 0.3 is 5.97 Å². The Labute approximate surface area is 189 Å². The van der Waals surface area contributed by atoms with Crippen molar-refractivity contribution < 1.29 is 31.1 Å². The van der Waals surface area contributed by atoms with Crippen molar-refractivity contribution in [1.82, 2.24) is 4.98 Å². The summed E-state index contributed by atoms with van der Waals surface area (Å²) in [4.78, 5) is 15.9. The van der Waals surface area contributed by atoms with Gasteiger partial charge in [-0.2, -0.15) is 4.57 Å². The van der Waals surface area contributed by atoms with Gasteiger partial charge in [0, 0.05) is 35.8 Å². The number of H-pyrrole nitrogens is 1. The molecule has 4 nitrogen and oxygen atoms in total. The molecule has 0 aliphatic carbocycles. The van der Waals surface area contributed by atoms with E-state index in [-0.39, 0.29) is 29.5 Å². The van der Waals surface area contributed by atoms with Gasteiger partial charge < -0.3 is 26.7 Å². The van der Waals surface area contributed by atoms with E-state index in [1.54, 1.807) is 0 Å². The van der Waals surface area contributed by atoms with E-state index in [9.17, 15) is 4.79 Å². The number of halogens is 1. The van der Waals surface area contributed by atoms with Crippen molar-refractivity contribution in [1.29, 1.82) is 0 Å². The van der Waals surface area contributed by atoms with Gasteiger partial charge in [0.05, 0.1) is 12.1 Å². The lowest BCUT2D eigenvalue weighted by atomic mass is 9.97. The Bertz CT molecular complexity index is 1240. The van der Waals surface area contributed by atoms with Crippen LogP contribution in [0.4, 0.5) is 0 Å². The second-order valence-corrected chi connectivity index (χ2v) is 14.8. The number of pyridine rings is 1. The maximum atomic E-state index is 12.3. The van der Waals surface area contributed by atoms with Crippen LogP contribution in [0.15, 0.2) is 42.7 Å². The quantitative estimate of drug-likeness (QED) is 0.268. The summed E-state index contributed by atoms with van der Waals surface area (Å²) >= 11 is 0. The van der Waals surface area contributed by atoms with Gasteiger partial charge in [0.15, 0.2) is 12.4 Å². The first-order valence-corrected chi connectivity index (χ1v) is 13.9. The van der Waals surface area contributed by atoms with E-state index in [1.165, 1.54) is 38.2 Å². The molecule has 158 valence electrons. The van der Waals surface area contributed by atoms with Crippen molar-refractivity contribution in [3.8, 4) is 0 Å². The Morgan fingerprint density at radius 3 is 2.50 bits per heavy atom. The summed E-state index contributed by atoms with van der Waals surface area (Å²) in [5.41, 5.74) is 4.82. The van der Waals surface area contributed by atoms with Crippen LogP contribution in [0.1, 0.15) is 11.1 Å². The van der Waals surface area contributed by atoms with E-state index in [4.69, 9.17) is 4.74 Å². The monoisotopic (exact) mass is 484 g/mol. The molecule has 30 heavy (non-hydrogen) atoms. The molecule has 0 saturated carbocycles. The number of hydrogen-bond acceptors (Lipinski definition) is 2. The maximum absolute atomic E-state index is 12.3. The van der Waals surface area contributed by atoms with Crippen LogP contribution in [0.3, 0.4) is 0 Å². The highest BCUT2D eigenvalue weighted by Gasteiger charge is 2.19.